The molecule has 0 N–H and O–H groups in total. The predicted octanol–water partition coefficient (Wildman–Crippen LogP) is 4.48. The quantitative estimate of drug-likeness (QED) is 0.721. The summed E-state index contributed by atoms with van der Waals surface area (Å²) < 4.78 is 6.77. The molecule has 1 aliphatic carbocycles. The first-order valence-corrected chi connectivity index (χ1v) is 10.4. The van der Waals surface area contributed by atoms with Crippen molar-refractivity contribution < 1.29 is 14.3 Å². The second kappa shape index (κ2) is 7.86. The van der Waals surface area contributed by atoms with E-state index in [4.69, 9.17) is 4.74 Å². The van der Waals surface area contributed by atoms with Gasteiger partial charge in [-0.1, -0.05) is 43.3 Å². The summed E-state index contributed by atoms with van der Waals surface area (Å²) >= 11 is 0. The molecule has 0 aromatic heterocycles. The van der Waals surface area contributed by atoms with Gasteiger partial charge in [-0.05, 0) is 48.6 Å². The van der Waals surface area contributed by atoms with Gasteiger partial charge in [0.1, 0.15) is 5.75 Å². The van der Waals surface area contributed by atoms with E-state index in [2.05, 4.69) is 24.3 Å². The fraction of sp³-hybridized carbons (Fsp3) is 0.458. The van der Waals surface area contributed by atoms with Gasteiger partial charge in [0.2, 0.25) is 11.8 Å². The van der Waals surface area contributed by atoms with Crippen molar-refractivity contribution in [3.8, 4) is 5.75 Å². The Labute approximate surface area is 166 Å². The van der Waals surface area contributed by atoms with Crippen molar-refractivity contribution in [1.82, 2.24) is 0 Å². The van der Waals surface area contributed by atoms with E-state index in [1.807, 2.05) is 38.1 Å². The second-order valence-corrected chi connectivity index (χ2v) is 7.92. The standard InChI is InChI=1S/C24H28NO3/c1-3-21-24(26)23-19-13-11-18(28-4-2)15-17(19)10-12-20(23)22(25(21)27)14-16-8-6-5-7-9-16/h5-9,11,13,15,20-23H,3-4,10,12,14H2,1-2H3/q+1. The van der Waals surface area contributed by atoms with Crippen molar-refractivity contribution in [2.75, 3.05) is 6.61 Å². The number of benzene rings is 2. The van der Waals surface area contributed by atoms with E-state index in [1.165, 1.54) is 5.56 Å². The molecule has 0 radical (unpaired) electrons. The number of nitrogens with zero attached hydrogens (tertiary/aromatic N) is 1. The molecule has 2 aromatic carbocycles. The molecule has 4 unspecified atom stereocenters. The number of aryl methyl sites for hydroxylation is 1. The second-order valence-electron chi connectivity index (χ2n) is 7.92. The maximum absolute atomic E-state index is 13.3. The van der Waals surface area contributed by atoms with Gasteiger partial charge in [-0.15, -0.1) is 0 Å². The number of nitroso groups, excluding NO2 is 1. The molecule has 4 atom stereocenters. The number of hydrogen-bond donors (Lipinski definition) is 0. The van der Waals surface area contributed by atoms with Gasteiger partial charge in [0.05, 0.1) is 12.5 Å². The zero-order valence-electron chi connectivity index (χ0n) is 16.6. The Balaban J connectivity index is 1.71. The van der Waals surface area contributed by atoms with Gasteiger partial charge in [0.15, 0.2) is 0 Å². The largest absolute Gasteiger partial charge is 0.494 e. The number of Topliss-reactive ketones (excluding diaryl/α,β-unsaturated/α-hetero) is 1. The molecule has 1 saturated heterocycles. The number of rotatable bonds is 5. The van der Waals surface area contributed by atoms with Crippen LogP contribution in [0.25, 0.3) is 0 Å². The highest BCUT2D eigenvalue weighted by molar-refractivity contribution is 5.91. The molecule has 0 bridgehead atoms. The molecule has 1 heterocycles. The summed E-state index contributed by atoms with van der Waals surface area (Å²) in [6.07, 6.45) is 3.01. The Kier molecular flexibility index (Phi) is 5.29. The first kappa shape index (κ1) is 18.9. The van der Waals surface area contributed by atoms with Crippen molar-refractivity contribution in [1.29, 1.82) is 0 Å². The Morgan fingerprint density at radius 1 is 1.11 bits per heavy atom. The third kappa shape index (κ3) is 3.25. The lowest BCUT2D eigenvalue weighted by atomic mass is 9.65. The van der Waals surface area contributed by atoms with Crippen LogP contribution < -0.4 is 4.74 Å². The molecule has 0 saturated carbocycles. The average Bonchev–Trinajstić information content (AvgIpc) is 2.72. The highest BCUT2D eigenvalue weighted by atomic mass is 16.5. The molecule has 4 rings (SSSR count). The van der Waals surface area contributed by atoms with E-state index in [1.54, 1.807) is 0 Å². The number of piperidine rings is 1. The van der Waals surface area contributed by atoms with E-state index >= 15 is 0 Å². The van der Waals surface area contributed by atoms with Crippen LogP contribution in [-0.4, -0.2) is 29.2 Å². The Morgan fingerprint density at radius 3 is 2.61 bits per heavy atom. The van der Waals surface area contributed by atoms with Crippen LogP contribution >= 0.6 is 0 Å². The third-order valence-corrected chi connectivity index (χ3v) is 6.37. The number of carbonyl (C=O) groups is 1. The van der Waals surface area contributed by atoms with Crippen molar-refractivity contribution in [2.24, 2.45) is 5.92 Å². The summed E-state index contributed by atoms with van der Waals surface area (Å²) in [4.78, 5) is 26.5. The number of ketones is 1. The van der Waals surface area contributed by atoms with Crippen LogP contribution in [0.15, 0.2) is 48.5 Å². The zero-order valence-corrected chi connectivity index (χ0v) is 16.6. The van der Waals surface area contributed by atoms with Crippen LogP contribution in [0.3, 0.4) is 0 Å². The van der Waals surface area contributed by atoms with Gasteiger partial charge in [0, 0.05) is 28.4 Å². The molecule has 4 nitrogen and oxygen atoms in total. The molecule has 0 amide bonds. The summed E-state index contributed by atoms with van der Waals surface area (Å²) in [6, 6.07) is 15.6. The molecule has 2 aromatic rings. The van der Waals surface area contributed by atoms with Crippen LogP contribution in [0.4, 0.5) is 0 Å². The lowest BCUT2D eigenvalue weighted by Crippen LogP contribution is -2.55. The van der Waals surface area contributed by atoms with Gasteiger partial charge in [0.25, 0.3) is 6.04 Å². The van der Waals surface area contributed by atoms with Gasteiger partial charge in [-0.2, -0.15) is 0 Å². The Morgan fingerprint density at radius 2 is 1.89 bits per heavy atom. The number of carbonyl (C=O) groups excluding carboxylic acids is 1. The van der Waals surface area contributed by atoms with Gasteiger partial charge < -0.3 is 4.74 Å². The predicted molar refractivity (Wildman–Crippen MR) is 109 cm³/mol. The van der Waals surface area contributed by atoms with Gasteiger partial charge in [-0.3, -0.25) is 4.79 Å². The Hall–Kier alpha value is -2.49. The SMILES string of the molecule is CCOc1ccc2c(c1)CCC1C2C(=O)C(CC)[N+](=O)C1Cc1ccccc1. The van der Waals surface area contributed by atoms with E-state index in [0.29, 0.717) is 19.4 Å². The van der Waals surface area contributed by atoms with Gasteiger partial charge in [-0.25, -0.2) is 0 Å². The molecular weight excluding hydrogens is 350 g/mol. The normalized spacial score (nSPS) is 26.5. The van der Waals surface area contributed by atoms with Crippen molar-refractivity contribution >= 4 is 5.78 Å². The highest BCUT2D eigenvalue weighted by Crippen LogP contribution is 2.45. The number of ether oxygens (including phenoxy) is 1. The summed E-state index contributed by atoms with van der Waals surface area (Å²) in [6.45, 7) is 4.55. The first-order chi connectivity index (χ1) is 13.6. The number of hydrogen-bond acceptors (Lipinski definition) is 3. The molecule has 1 fully saturated rings. The third-order valence-electron chi connectivity index (χ3n) is 6.37. The molecule has 28 heavy (non-hydrogen) atoms. The van der Waals surface area contributed by atoms with Gasteiger partial charge >= 0.3 is 0 Å². The molecular formula is C24H28NO3+. The molecule has 146 valence electrons. The Bertz CT molecular complexity index is 877. The molecule has 4 heteroatoms. The molecule has 0 spiro atoms. The monoisotopic (exact) mass is 378 g/mol. The van der Waals surface area contributed by atoms with Crippen molar-refractivity contribution in [3.05, 3.63) is 70.1 Å². The lowest BCUT2D eigenvalue weighted by molar-refractivity contribution is -0.623. The van der Waals surface area contributed by atoms with Crippen LogP contribution in [0, 0.1) is 10.8 Å². The van der Waals surface area contributed by atoms with Crippen LogP contribution in [0.1, 0.15) is 49.3 Å². The lowest BCUT2D eigenvalue weighted by Gasteiger charge is -2.39. The maximum Gasteiger partial charge on any atom is 0.259 e. The summed E-state index contributed by atoms with van der Waals surface area (Å²) in [5, 5.41) is 0. The molecule has 2 aliphatic rings. The fourth-order valence-electron chi connectivity index (χ4n) is 5.09. The average molecular weight is 378 g/mol. The smallest absolute Gasteiger partial charge is 0.259 e. The highest BCUT2D eigenvalue weighted by Gasteiger charge is 2.56. The van der Waals surface area contributed by atoms with Crippen LogP contribution in [0.2, 0.25) is 0 Å². The number of fused-ring (bicyclic) bond motifs is 3. The summed E-state index contributed by atoms with van der Waals surface area (Å²) in [5.74, 6) is 0.847. The minimum absolute atomic E-state index is 0.0680. The first-order valence-electron chi connectivity index (χ1n) is 10.4. The van der Waals surface area contributed by atoms with E-state index in [9.17, 15) is 9.70 Å². The molecule has 1 aliphatic heterocycles. The van der Waals surface area contributed by atoms with E-state index < -0.39 is 6.04 Å². The minimum atomic E-state index is -0.549. The minimum Gasteiger partial charge on any atom is -0.494 e. The van der Waals surface area contributed by atoms with E-state index in [0.717, 1.165) is 34.5 Å². The fourth-order valence-corrected chi connectivity index (χ4v) is 5.09. The summed E-state index contributed by atoms with van der Waals surface area (Å²) in [7, 11) is 0. The van der Waals surface area contributed by atoms with Crippen molar-refractivity contribution in [2.45, 2.75) is 57.5 Å². The van der Waals surface area contributed by atoms with Crippen LogP contribution in [-0.2, 0) is 17.6 Å². The topological polar surface area (TPSA) is 46.4 Å². The van der Waals surface area contributed by atoms with Crippen LogP contribution in [0.5, 0.6) is 5.75 Å². The van der Waals surface area contributed by atoms with Crippen molar-refractivity contribution in [3.63, 3.8) is 0 Å². The maximum atomic E-state index is 13.3. The van der Waals surface area contributed by atoms with E-state index in [-0.39, 0.29) is 23.7 Å². The summed E-state index contributed by atoms with van der Waals surface area (Å²) in [5.41, 5.74) is 3.47. The zero-order chi connectivity index (χ0) is 19.7.